The second kappa shape index (κ2) is 8.17. The summed E-state index contributed by atoms with van der Waals surface area (Å²) in [6, 6.07) is 12.5. The van der Waals surface area contributed by atoms with E-state index >= 15 is 0 Å². The number of pyridine rings is 1. The number of aromatic nitrogens is 1. The Hall–Kier alpha value is -3.42. The summed E-state index contributed by atoms with van der Waals surface area (Å²) < 4.78 is 5.91. The summed E-state index contributed by atoms with van der Waals surface area (Å²) in [5.41, 5.74) is 6.92. The highest BCUT2D eigenvalue weighted by Gasteiger charge is 2.58. The van der Waals surface area contributed by atoms with Crippen molar-refractivity contribution in [1.82, 2.24) is 15.2 Å². The second-order valence-corrected chi connectivity index (χ2v) is 9.69. The lowest BCUT2D eigenvalue weighted by molar-refractivity contribution is -0.141. The highest BCUT2D eigenvalue weighted by atomic mass is 16.5. The van der Waals surface area contributed by atoms with Crippen molar-refractivity contribution in [3.63, 3.8) is 0 Å². The summed E-state index contributed by atoms with van der Waals surface area (Å²) in [4.78, 5) is 42.7. The van der Waals surface area contributed by atoms with Gasteiger partial charge in [0.25, 0.3) is 11.8 Å². The highest BCUT2D eigenvalue weighted by molar-refractivity contribution is 6.04. The fourth-order valence-electron chi connectivity index (χ4n) is 5.60. The summed E-state index contributed by atoms with van der Waals surface area (Å²) in [5.74, 6) is -0.236. The zero-order valence-corrected chi connectivity index (χ0v) is 18.6. The normalized spacial score (nSPS) is 29.2. The molecule has 2 aromatic rings. The van der Waals surface area contributed by atoms with Crippen molar-refractivity contribution in [3.05, 3.63) is 59.8 Å². The second-order valence-electron chi connectivity index (χ2n) is 9.69. The van der Waals surface area contributed by atoms with Crippen LogP contribution in [-0.2, 0) is 4.79 Å². The summed E-state index contributed by atoms with van der Waals surface area (Å²) >= 11 is 0. The van der Waals surface area contributed by atoms with Gasteiger partial charge in [-0.15, -0.1) is 0 Å². The maximum Gasteiger partial charge on any atom is 0.325 e. The fourth-order valence-corrected chi connectivity index (χ4v) is 5.60. The SMILES string of the molecule is CC(CC1NC(=O)N(C2CC3(CC(Oc4ncccc4C(N)=O)C3)C2)C1=O)c1ccccc1. The third kappa shape index (κ3) is 3.94. The molecule has 2 unspecified atom stereocenters. The molecule has 4 amide bonds. The van der Waals surface area contributed by atoms with E-state index in [1.807, 2.05) is 30.3 Å². The zero-order chi connectivity index (χ0) is 23.2. The van der Waals surface area contributed by atoms with Crippen LogP contribution in [-0.4, -0.2) is 45.9 Å². The molecule has 1 aromatic heterocycles. The number of carbonyl (C=O) groups excluding carboxylic acids is 3. The summed E-state index contributed by atoms with van der Waals surface area (Å²) in [5, 5.41) is 2.89. The average molecular weight is 449 g/mol. The number of amides is 4. The van der Waals surface area contributed by atoms with E-state index in [2.05, 4.69) is 17.2 Å². The van der Waals surface area contributed by atoms with Gasteiger partial charge in [-0.05, 0) is 61.1 Å². The molecule has 8 heteroatoms. The Morgan fingerprint density at radius 1 is 1.18 bits per heavy atom. The van der Waals surface area contributed by atoms with Gasteiger partial charge in [-0.1, -0.05) is 37.3 Å². The number of benzene rings is 1. The largest absolute Gasteiger partial charge is 0.474 e. The van der Waals surface area contributed by atoms with E-state index in [1.165, 1.54) is 4.90 Å². The summed E-state index contributed by atoms with van der Waals surface area (Å²) in [6.07, 6.45) is 5.33. The summed E-state index contributed by atoms with van der Waals surface area (Å²) in [6.45, 7) is 2.08. The van der Waals surface area contributed by atoms with E-state index in [-0.39, 0.29) is 46.9 Å². The number of carbonyl (C=O) groups is 3. The lowest BCUT2D eigenvalue weighted by atomic mass is 9.52. The van der Waals surface area contributed by atoms with Crippen molar-refractivity contribution >= 4 is 17.8 Å². The predicted octanol–water partition coefficient (Wildman–Crippen LogP) is 2.98. The van der Waals surface area contributed by atoms with E-state index in [0.717, 1.165) is 31.2 Å². The van der Waals surface area contributed by atoms with Crippen molar-refractivity contribution in [2.24, 2.45) is 11.1 Å². The Kier molecular flexibility index (Phi) is 5.31. The Bertz CT molecular complexity index is 1070. The molecule has 33 heavy (non-hydrogen) atoms. The van der Waals surface area contributed by atoms with Crippen LogP contribution < -0.4 is 15.8 Å². The monoisotopic (exact) mass is 448 g/mol. The van der Waals surface area contributed by atoms with Crippen LogP contribution in [0.4, 0.5) is 4.79 Å². The van der Waals surface area contributed by atoms with Crippen LogP contribution >= 0.6 is 0 Å². The van der Waals surface area contributed by atoms with Crippen LogP contribution in [0.3, 0.4) is 0 Å². The highest BCUT2D eigenvalue weighted by Crippen LogP contribution is 2.58. The molecule has 172 valence electrons. The number of nitrogens with two attached hydrogens (primary N) is 1. The number of imide groups is 1. The van der Waals surface area contributed by atoms with Crippen LogP contribution in [0.15, 0.2) is 48.7 Å². The first kappa shape index (κ1) is 21.4. The molecule has 5 rings (SSSR count). The van der Waals surface area contributed by atoms with Gasteiger partial charge < -0.3 is 15.8 Å². The van der Waals surface area contributed by atoms with E-state index in [9.17, 15) is 14.4 Å². The molecule has 1 aromatic carbocycles. The van der Waals surface area contributed by atoms with Crippen molar-refractivity contribution in [1.29, 1.82) is 0 Å². The maximum atomic E-state index is 13.0. The lowest BCUT2D eigenvalue weighted by Gasteiger charge is -2.58. The molecule has 0 radical (unpaired) electrons. The first-order valence-electron chi connectivity index (χ1n) is 11.5. The van der Waals surface area contributed by atoms with Gasteiger partial charge in [0, 0.05) is 12.2 Å². The number of hydrogen-bond acceptors (Lipinski definition) is 5. The van der Waals surface area contributed by atoms with Crippen LogP contribution in [0.1, 0.15) is 60.9 Å². The van der Waals surface area contributed by atoms with E-state index in [1.54, 1.807) is 18.3 Å². The van der Waals surface area contributed by atoms with Gasteiger partial charge in [0.2, 0.25) is 5.88 Å². The van der Waals surface area contributed by atoms with Gasteiger partial charge in [-0.25, -0.2) is 9.78 Å². The molecule has 1 spiro atoms. The van der Waals surface area contributed by atoms with Crippen LogP contribution in [0.5, 0.6) is 5.88 Å². The Balaban J connectivity index is 1.14. The topological polar surface area (TPSA) is 115 Å². The molecule has 8 nitrogen and oxygen atoms in total. The minimum absolute atomic E-state index is 0.0403. The average Bonchev–Trinajstić information content (AvgIpc) is 3.02. The van der Waals surface area contributed by atoms with Crippen molar-refractivity contribution in [2.75, 3.05) is 0 Å². The molecule has 3 aliphatic rings. The van der Waals surface area contributed by atoms with Gasteiger partial charge in [-0.2, -0.15) is 0 Å². The fraction of sp³-hybridized carbons (Fsp3) is 0.440. The molecule has 2 heterocycles. The Labute approximate surface area is 192 Å². The molecule has 2 atom stereocenters. The van der Waals surface area contributed by atoms with E-state index in [4.69, 9.17) is 10.5 Å². The Morgan fingerprint density at radius 3 is 2.61 bits per heavy atom. The van der Waals surface area contributed by atoms with Gasteiger partial charge in [0.15, 0.2) is 0 Å². The van der Waals surface area contributed by atoms with Crippen LogP contribution in [0.2, 0.25) is 0 Å². The smallest absolute Gasteiger partial charge is 0.325 e. The molecular weight excluding hydrogens is 420 g/mol. The molecule has 0 bridgehead atoms. The number of urea groups is 1. The molecule has 1 aliphatic heterocycles. The standard InChI is InChI=1S/C25H28N4O4/c1-15(16-6-3-2-4-7-16)10-20-23(31)29(24(32)28-20)17-11-25(12-17)13-18(14-25)33-22-19(21(26)30)8-5-9-27-22/h2-9,15,17-18,20H,10-14H2,1H3,(H2,26,30)(H,28,32). The quantitative estimate of drug-likeness (QED) is 0.632. The third-order valence-electron chi connectivity index (χ3n) is 7.35. The first-order chi connectivity index (χ1) is 15.8. The third-order valence-corrected chi connectivity index (χ3v) is 7.35. The predicted molar refractivity (Wildman–Crippen MR) is 120 cm³/mol. The number of hydrogen-bond donors (Lipinski definition) is 2. The van der Waals surface area contributed by atoms with Crippen LogP contribution in [0, 0.1) is 5.41 Å². The molecule has 1 saturated heterocycles. The van der Waals surface area contributed by atoms with Gasteiger partial charge >= 0.3 is 6.03 Å². The van der Waals surface area contributed by atoms with Crippen molar-refractivity contribution < 1.29 is 19.1 Å². The minimum atomic E-state index is -0.564. The number of ether oxygens (including phenoxy) is 1. The summed E-state index contributed by atoms with van der Waals surface area (Å²) in [7, 11) is 0. The molecule has 2 saturated carbocycles. The molecule has 2 aliphatic carbocycles. The van der Waals surface area contributed by atoms with E-state index < -0.39 is 11.9 Å². The molecular formula is C25H28N4O4. The van der Waals surface area contributed by atoms with Gasteiger partial charge in [0.05, 0.1) is 0 Å². The molecule has 3 fully saturated rings. The maximum absolute atomic E-state index is 13.0. The first-order valence-corrected chi connectivity index (χ1v) is 11.5. The minimum Gasteiger partial charge on any atom is -0.474 e. The molecule has 3 N–H and O–H groups in total. The Morgan fingerprint density at radius 2 is 1.91 bits per heavy atom. The van der Waals surface area contributed by atoms with Crippen molar-refractivity contribution in [2.45, 2.75) is 63.1 Å². The van der Waals surface area contributed by atoms with Crippen LogP contribution in [0.25, 0.3) is 0 Å². The number of rotatable bonds is 7. The van der Waals surface area contributed by atoms with Gasteiger partial charge in [-0.3, -0.25) is 14.5 Å². The van der Waals surface area contributed by atoms with E-state index in [0.29, 0.717) is 6.42 Å². The number of primary amides is 1. The number of nitrogens with one attached hydrogen (secondary N) is 1. The van der Waals surface area contributed by atoms with Crippen molar-refractivity contribution in [3.8, 4) is 5.88 Å². The lowest BCUT2D eigenvalue weighted by Crippen LogP contribution is -2.60. The number of nitrogens with zero attached hydrogens (tertiary/aromatic N) is 2. The zero-order valence-electron chi connectivity index (χ0n) is 18.6. The van der Waals surface area contributed by atoms with Gasteiger partial charge in [0.1, 0.15) is 17.7 Å².